The molecule has 1 amide bonds. The molecule has 0 aliphatic carbocycles. The van der Waals surface area contributed by atoms with Crippen LogP contribution in [0.5, 0.6) is 11.5 Å². The zero-order valence-corrected chi connectivity index (χ0v) is 16.3. The Bertz CT molecular complexity index is 1170. The van der Waals surface area contributed by atoms with Gasteiger partial charge in [-0.1, -0.05) is 30.3 Å². The number of nitrogens with one attached hydrogen (secondary N) is 1. The highest BCUT2D eigenvalue weighted by Crippen LogP contribution is 2.26. The molecule has 0 radical (unpaired) electrons. The van der Waals surface area contributed by atoms with E-state index in [9.17, 15) is 4.79 Å². The Morgan fingerprint density at radius 3 is 2.69 bits per heavy atom. The number of pyridine rings is 1. The average Bonchev–Trinajstić information content (AvgIpc) is 3.18. The fraction of sp³-hybridized carbons (Fsp3) is 0.130. The first kappa shape index (κ1) is 18.6. The number of carbonyl (C=O) groups is 1. The minimum atomic E-state index is -0.251. The zero-order valence-electron chi connectivity index (χ0n) is 16.3. The van der Waals surface area contributed by atoms with Crippen LogP contribution in [0.15, 0.2) is 73.1 Å². The molecule has 0 aliphatic heterocycles. The highest BCUT2D eigenvalue weighted by Gasteiger charge is 2.10. The Morgan fingerprint density at radius 1 is 1.07 bits per heavy atom. The number of aromatic nitrogens is 2. The van der Waals surface area contributed by atoms with Gasteiger partial charge in [-0.05, 0) is 42.8 Å². The van der Waals surface area contributed by atoms with E-state index < -0.39 is 0 Å². The number of benzene rings is 2. The number of nitrogens with zero attached hydrogens (tertiary/aromatic N) is 2. The van der Waals surface area contributed by atoms with E-state index in [1.54, 1.807) is 19.2 Å². The SMILES string of the molecule is COc1ccccc1OCC(=O)Nc1cccc(-c2cn3cccc(C)c3n2)c1. The Morgan fingerprint density at radius 2 is 1.90 bits per heavy atom. The van der Waals surface area contributed by atoms with Gasteiger partial charge in [0.15, 0.2) is 18.1 Å². The van der Waals surface area contributed by atoms with E-state index in [-0.39, 0.29) is 12.5 Å². The lowest BCUT2D eigenvalue weighted by atomic mass is 10.1. The molecule has 2 heterocycles. The quantitative estimate of drug-likeness (QED) is 0.535. The number of methoxy groups -OCH3 is 1. The topological polar surface area (TPSA) is 64.9 Å². The van der Waals surface area contributed by atoms with Crippen molar-refractivity contribution < 1.29 is 14.3 Å². The summed E-state index contributed by atoms with van der Waals surface area (Å²) in [5.41, 5.74) is 4.49. The smallest absolute Gasteiger partial charge is 0.262 e. The van der Waals surface area contributed by atoms with E-state index in [2.05, 4.69) is 5.32 Å². The van der Waals surface area contributed by atoms with Crippen molar-refractivity contribution in [1.29, 1.82) is 0 Å². The van der Waals surface area contributed by atoms with Gasteiger partial charge in [-0.2, -0.15) is 0 Å². The second kappa shape index (κ2) is 8.06. The van der Waals surface area contributed by atoms with E-state index >= 15 is 0 Å². The third-order valence-corrected chi connectivity index (χ3v) is 4.55. The van der Waals surface area contributed by atoms with E-state index in [0.717, 1.165) is 22.5 Å². The summed E-state index contributed by atoms with van der Waals surface area (Å²) < 4.78 is 12.8. The summed E-state index contributed by atoms with van der Waals surface area (Å²) in [6.45, 7) is 1.92. The molecule has 0 bridgehead atoms. The van der Waals surface area contributed by atoms with Gasteiger partial charge >= 0.3 is 0 Å². The largest absolute Gasteiger partial charge is 0.493 e. The third-order valence-electron chi connectivity index (χ3n) is 4.55. The Labute approximate surface area is 168 Å². The van der Waals surface area contributed by atoms with Gasteiger partial charge in [0.1, 0.15) is 5.65 Å². The van der Waals surface area contributed by atoms with Crippen LogP contribution in [0.4, 0.5) is 5.69 Å². The van der Waals surface area contributed by atoms with Crippen molar-refractivity contribution in [2.45, 2.75) is 6.92 Å². The molecule has 6 heteroatoms. The molecule has 0 saturated heterocycles. The summed E-state index contributed by atoms with van der Waals surface area (Å²) in [5.74, 6) is 0.863. The van der Waals surface area contributed by atoms with Gasteiger partial charge in [-0.3, -0.25) is 4.79 Å². The van der Waals surface area contributed by atoms with Gasteiger partial charge in [0, 0.05) is 23.6 Å². The fourth-order valence-corrected chi connectivity index (χ4v) is 3.13. The van der Waals surface area contributed by atoms with Crippen LogP contribution in [-0.4, -0.2) is 29.0 Å². The number of hydrogen-bond donors (Lipinski definition) is 1. The van der Waals surface area contributed by atoms with Crippen molar-refractivity contribution in [1.82, 2.24) is 9.38 Å². The van der Waals surface area contributed by atoms with Gasteiger partial charge < -0.3 is 19.2 Å². The molecule has 0 fully saturated rings. The van der Waals surface area contributed by atoms with E-state index in [0.29, 0.717) is 17.2 Å². The number of fused-ring (bicyclic) bond motifs is 1. The number of aryl methyl sites for hydroxylation is 1. The normalized spacial score (nSPS) is 10.7. The first-order valence-electron chi connectivity index (χ1n) is 9.24. The van der Waals surface area contributed by atoms with Crippen LogP contribution in [0.3, 0.4) is 0 Å². The Hall–Kier alpha value is -3.80. The van der Waals surface area contributed by atoms with E-state index in [4.69, 9.17) is 14.5 Å². The maximum absolute atomic E-state index is 12.3. The molecule has 0 aliphatic rings. The highest BCUT2D eigenvalue weighted by atomic mass is 16.5. The van der Waals surface area contributed by atoms with Crippen LogP contribution >= 0.6 is 0 Å². The molecule has 146 valence electrons. The molecular formula is C23H21N3O3. The number of ether oxygens (including phenoxy) is 2. The lowest BCUT2D eigenvalue weighted by Crippen LogP contribution is -2.20. The standard InChI is InChI=1S/C23H21N3O3/c1-16-7-6-12-26-14-19(25-23(16)26)17-8-5-9-18(13-17)24-22(27)15-29-21-11-4-3-10-20(21)28-2/h3-14H,15H2,1-2H3,(H,24,27). The van der Waals surface area contributed by atoms with Crippen LogP contribution in [0, 0.1) is 6.92 Å². The van der Waals surface area contributed by atoms with Gasteiger partial charge in [0.05, 0.1) is 12.8 Å². The highest BCUT2D eigenvalue weighted by molar-refractivity contribution is 5.92. The Kier molecular flexibility index (Phi) is 5.16. The summed E-state index contributed by atoms with van der Waals surface area (Å²) in [7, 11) is 1.56. The molecule has 0 unspecified atom stereocenters. The Balaban J connectivity index is 1.47. The summed E-state index contributed by atoms with van der Waals surface area (Å²) >= 11 is 0. The van der Waals surface area contributed by atoms with Gasteiger partial charge in [-0.25, -0.2) is 4.98 Å². The predicted molar refractivity (Wildman–Crippen MR) is 112 cm³/mol. The van der Waals surface area contributed by atoms with Crippen LogP contribution in [0.2, 0.25) is 0 Å². The second-order valence-corrected chi connectivity index (χ2v) is 6.62. The molecule has 0 atom stereocenters. The van der Waals surface area contributed by atoms with Gasteiger partial charge in [-0.15, -0.1) is 0 Å². The van der Waals surface area contributed by atoms with Crippen molar-refractivity contribution in [2.75, 3.05) is 19.0 Å². The van der Waals surface area contributed by atoms with E-state index in [1.807, 2.05) is 72.2 Å². The average molecular weight is 387 g/mol. The minimum Gasteiger partial charge on any atom is -0.493 e. The number of imidazole rings is 1. The number of anilines is 1. The molecular weight excluding hydrogens is 366 g/mol. The van der Waals surface area contributed by atoms with Crippen LogP contribution < -0.4 is 14.8 Å². The van der Waals surface area contributed by atoms with Crippen LogP contribution in [0.1, 0.15) is 5.56 Å². The number of para-hydroxylation sites is 2. The molecule has 2 aromatic carbocycles. The van der Waals surface area contributed by atoms with Crippen molar-refractivity contribution >= 4 is 17.2 Å². The maximum Gasteiger partial charge on any atom is 0.262 e. The maximum atomic E-state index is 12.3. The van der Waals surface area contributed by atoms with Gasteiger partial charge in [0.25, 0.3) is 5.91 Å². The number of amides is 1. The molecule has 2 aromatic heterocycles. The molecule has 0 saturated carbocycles. The van der Waals surface area contributed by atoms with Crippen LogP contribution in [0.25, 0.3) is 16.9 Å². The first-order valence-corrected chi connectivity index (χ1v) is 9.24. The van der Waals surface area contributed by atoms with E-state index in [1.165, 1.54) is 0 Å². The number of rotatable bonds is 6. The lowest BCUT2D eigenvalue weighted by Gasteiger charge is -2.11. The predicted octanol–water partition coefficient (Wildman–Crippen LogP) is 4.34. The molecule has 29 heavy (non-hydrogen) atoms. The molecule has 4 rings (SSSR count). The van der Waals surface area contributed by atoms with Crippen LogP contribution in [-0.2, 0) is 4.79 Å². The zero-order chi connectivity index (χ0) is 20.2. The summed E-state index contributed by atoms with van der Waals surface area (Å²) in [4.78, 5) is 17.0. The van der Waals surface area contributed by atoms with Crippen molar-refractivity contribution in [2.24, 2.45) is 0 Å². The summed E-state index contributed by atoms with van der Waals surface area (Å²) in [5, 5.41) is 2.87. The first-order chi connectivity index (χ1) is 14.1. The summed E-state index contributed by atoms with van der Waals surface area (Å²) in [6, 6.07) is 18.8. The minimum absolute atomic E-state index is 0.113. The van der Waals surface area contributed by atoms with Crippen molar-refractivity contribution in [3.05, 3.63) is 78.6 Å². The second-order valence-electron chi connectivity index (χ2n) is 6.62. The van der Waals surface area contributed by atoms with Gasteiger partial charge in [0.2, 0.25) is 0 Å². The molecule has 6 nitrogen and oxygen atoms in total. The van der Waals surface area contributed by atoms with Crippen molar-refractivity contribution in [3.63, 3.8) is 0 Å². The molecule has 4 aromatic rings. The lowest BCUT2D eigenvalue weighted by molar-refractivity contribution is -0.118. The molecule has 0 spiro atoms. The fourth-order valence-electron chi connectivity index (χ4n) is 3.13. The summed E-state index contributed by atoms with van der Waals surface area (Å²) in [6.07, 6.45) is 3.95. The third kappa shape index (κ3) is 4.06. The monoisotopic (exact) mass is 387 g/mol. The number of hydrogen-bond acceptors (Lipinski definition) is 4. The van der Waals surface area contributed by atoms with Crippen molar-refractivity contribution in [3.8, 4) is 22.8 Å². The number of carbonyl (C=O) groups excluding carboxylic acids is 1. The molecule has 1 N–H and O–H groups in total.